The third kappa shape index (κ3) is 1.72. The Morgan fingerprint density at radius 2 is 2.08 bits per heavy atom. The summed E-state index contributed by atoms with van der Waals surface area (Å²) in [5.74, 6) is 0. The van der Waals surface area contributed by atoms with Crippen molar-refractivity contribution in [1.82, 2.24) is 0 Å². The molecule has 0 atom stereocenters. The van der Waals surface area contributed by atoms with Crippen LogP contribution in [0.4, 0.5) is 0 Å². The summed E-state index contributed by atoms with van der Waals surface area (Å²) in [7, 11) is 0. The molecule has 0 bridgehead atoms. The molecule has 0 aliphatic carbocycles. The van der Waals surface area contributed by atoms with Crippen molar-refractivity contribution in [2.45, 2.75) is 13.3 Å². The summed E-state index contributed by atoms with van der Waals surface area (Å²) in [6.45, 7) is 1.84. The molecule has 0 saturated carbocycles. The van der Waals surface area contributed by atoms with Crippen molar-refractivity contribution in [3.63, 3.8) is 0 Å². The Labute approximate surface area is 81.5 Å². The number of nitrogens with zero attached hydrogens (tertiary/aromatic N) is 1. The molecule has 1 nitrogen and oxygen atoms in total. The predicted molar refractivity (Wildman–Crippen MR) is 50.5 cm³/mol. The molecule has 0 heterocycles. The van der Waals surface area contributed by atoms with Gasteiger partial charge in [-0.1, -0.05) is 29.3 Å². The SMILES string of the molecule is Cc1c(Cl)ccc(CC#N)c1Cl. The summed E-state index contributed by atoms with van der Waals surface area (Å²) in [6.07, 6.45) is 0.330. The van der Waals surface area contributed by atoms with Crippen molar-refractivity contribution in [1.29, 1.82) is 5.26 Å². The molecule has 12 heavy (non-hydrogen) atoms. The zero-order valence-corrected chi connectivity index (χ0v) is 8.08. The highest BCUT2D eigenvalue weighted by atomic mass is 35.5. The molecule has 0 saturated heterocycles. The Morgan fingerprint density at radius 1 is 1.42 bits per heavy atom. The van der Waals surface area contributed by atoms with Crippen LogP contribution in [0.15, 0.2) is 12.1 Å². The first kappa shape index (κ1) is 9.38. The van der Waals surface area contributed by atoms with E-state index in [1.54, 1.807) is 12.1 Å². The molecule has 0 fully saturated rings. The Morgan fingerprint density at radius 3 is 2.67 bits per heavy atom. The molecule has 0 radical (unpaired) electrons. The quantitative estimate of drug-likeness (QED) is 0.681. The summed E-state index contributed by atoms with van der Waals surface area (Å²) in [6, 6.07) is 5.58. The monoisotopic (exact) mass is 199 g/mol. The molecule has 0 aliphatic heterocycles. The van der Waals surface area contributed by atoms with E-state index in [9.17, 15) is 0 Å². The summed E-state index contributed by atoms with van der Waals surface area (Å²) in [4.78, 5) is 0. The summed E-state index contributed by atoms with van der Waals surface area (Å²) in [5, 5.41) is 9.70. The van der Waals surface area contributed by atoms with Crippen molar-refractivity contribution in [3.05, 3.63) is 33.3 Å². The van der Waals surface area contributed by atoms with E-state index in [0.29, 0.717) is 16.5 Å². The molecule has 0 spiro atoms. The number of rotatable bonds is 1. The lowest BCUT2D eigenvalue weighted by Crippen LogP contribution is -1.87. The van der Waals surface area contributed by atoms with Crippen LogP contribution < -0.4 is 0 Å². The van der Waals surface area contributed by atoms with Gasteiger partial charge < -0.3 is 0 Å². The topological polar surface area (TPSA) is 23.8 Å². The first-order valence-electron chi connectivity index (χ1n) is 3.47. The van der Waals surface area contributed by atoms with E-state index in [1.807, 2.05) is 13.0 Å². The smallest absolute Gasteiger partial charge is 0.0670 e. The van der Waals surface area contributed by atoms with E-state index in [-0.39, 0.29) is 0 Å². The molecule has 62 valence electrons. The van der Waals surface area contributed by atoms with Gasteiger partial charge in [0.1, 0.15) is 0 Å². The van der Waals surface area contributed by atoms with Crippen LogP contribution in [0.3, 0.4) is 0 Å². The highest BCUT2D eigenvalue weighted by molar-refractivity contribution is 6.36. The van der Waals surface area contributed by atoms with Crippen LogP contribution in [0, 0.1) is 18.3 Å². The van der Waals surface area contributed by atoms with Crippen LogP contribution in [-0.2, 0) is 6.42 Å². The van der Waals surface area contributed by atoms with Crippen molar-refractivity contribution < 1.29 is 0 Å². The molecule has 0 unspecified atom stereocenters. The fourth-order valence-corrected chi connectivity index (χ4v) is 1.38. The highest BCUT2D eigenvalue weighted by Gasteiger charge is 2.05. The molecule has 0 amide bonds. The number of hydrogen-bond acceptors (Lipinski definition) is 1. The second kappa shape index (κ2) is 3.80. The van der Waals surface area contributed by atoms with Crippen molar-refractivity contribution >= 4 is 23.2 Å². The first-order valence-corrected chi connectivity index (χ1v) is 4.23. The van der Waals surface area contributed by atoms with E-state index in [4.69, 9.17) is 28.5 Å². The average Bonchev–Trinajstić information content (AvgIpc) is 2.07. The zero-order valence-electron chi connectivity index (χ0n) is 6.56. The largest absolute Gasteiger partial charge is 0.198 e. The molecule has 1 aromatic carbocycles. The van der Waals surface area contributed by atoms with Crippen molar-refractivity contribution in [2.75, 3.05) is 0 Å². The van der Waals surface area contributed by atoms with Gasteiger partial charge in [0.2, 0.25) is 0 Å². The molecule has 0 N–H and O–H groups in total. The molecule has 3 heteroatoms. The maximum atomic E-state index is 8.46. The number of nitriles is 1. The molecular formula is C9H7Cl2N. The van der Waals surface area contributed by atoms with E-state index in [1.165, 1.54) is 0 Å². The van der Waals surface area contributed by atoms with Crippen LogP contribution in [0.2, 0.25) is 10.0 Å². The molecular weight excluding hydrogens is 193 g/mol. The van der Waals surface area contributed by atoms with Crippen molar-refractivity contribution in [3.8, 4) is 6.07 Å². The van der Waals surface area contributed by atoms with Crippen LogP contribution >= 0.6 is 23.2 Å². The molecule has 0 aromatic heterocycles. The van der Waals surface area contributed by atoms with E-state index < -0.39 is 0 Å². The van der Waals surface area contributed by atoms with E-state index >= 15 is 0 Å². The van der Waals surface area contributed by atoms with Crippen LogP contribution in [0.5, 0.6) is 0 Å². The summed E-state index contributed by atoms with van der Waals surface area (Å²) < 4.78 is 0. The lowest BCUT2D eigenvalue weighted by Gasteiger charge is -2.04. The Bertz CT molecular complexity index is 339. The van der Waals surface area contributed by atoms with Gasteiger partial charge in [0.15, 0.2) is 0 Å². The minimum Gasteiger partial charge on any atom is -0.198 e. The van der Waals surface area contributed by atoms with Gasteiger partial charge in [-0.25, -0.2) is 0 Å². The van der Waals surface area contributed by atoms with Gasteiger partial charge in [0.05, 0.1) is 12.5 Å². The van der Waals surface area contributed by atoms with E-state index in [2.05, 4.69) is 0 Å². The Kier molecular flexibility index (Phi) is 2.97. The van der Waals surface area contributed by atoms with Crippen LogP contribution in [-0.4, -0.2) is 0 Å². The minimum atomic E-state index is 0.330. The maximum Gasteiger partial charge on any atom is 0.0670 e. The normalized spacial score (nSPS) is 9.50. The van der Waals surface area contributed by atoms with Gasteiger partial charge in [0, 0.05) is 10.0 Å². The second-order valence-corrected chi connectivity index (χ2v) is 3.27. The number of hydrogen-bond donors (Lipinski definition) is 0. The van der Waals surface area contributed by atoms with Crippen LogP contribution in [0.1, 0.15) is 11.1 Å². The van der Waals surface area contributed by atoms with Gasteiger partial charge in [-0.15, -0.1) is 0 Å². The fourth-order valence-electron chi connectivity index (χ4n) is 0.939. The number of benzene rings is 1. The summed E-state index contributed by atoms with van der Waals surface area (Å²) in [5.41, 5.74) is 1.67. The average molecular weight is 200 g/mol. The third-order valence-corrected chi connectivity index (χ3v) is 2.61. The lowest BCUT2D eigenvalue weighted by molar-refractivity contribution is 1.24. The first-order chi connectivity index (χ1) is 5.66. The zero-order chi connectivity index (χ0) is 9.14. The fraction of sp³-hybridized carbons (Fsp3) is 0.222. The Balaban J connectivity index is 3.19. The maximum absolute atomic E-state index is 8.46. The standard InChI is InChI=1S/C9H7Cl2N/c1-6-8(10)3-2-7(4-5-12)9(6)11/h2-3H,4H2,1H3. The molecule has 0 aliphatic rings. The van der Waals surface area contributed by atoms with Gasteiger partial charge >= 0.3 is 0 Å². The third-order valence-electron chi connectivity index (χ3n) is 1.67. The Hall–Kier alpha value is -0.710. The second-order valence-electron chi connectivity index (χ2n) is 2.48. The predicted octanol–water partition coefficient (Wildman–Crippen LogP) is 3.37. The van der Waals surface area contributed by atoms with Gasteiger partial charge in [-0.3, -0.25) is 0 Å². The molecule has 1 rings (SSSR count). The van der Waals surface area contributed by atoms with Gasteiger partial charge in [-0.2, -0.15) is 5.26 Å². The molecule has 1 aromatic rings. The van der Waals surface area contributed by atoms with Gasteiger partial charge in [0.25, 0.3) is 0 Å². The van der Waals surface area contributed by atoms with Gasteiger partial charge in [-0.05, 0) is 24.1 Å². The highest BCUT2D eigenvalue weighted by Crippen LogP contribution is 2.27. The van der Waals surface area contributed by atoms with Crippen LogP contribution in [0.25, 0.3) is 0 Å². The minimum absolute atomic E-state index is 0.330. The lowest BCUT2D eigenvalue weighted by atomic mass is 10.1. The van der Waals surface area contributed by atoms with Crippen molar-refractivity contribution in [2.24, 2.45) is 0 Å². The summed E-state index contributed by atoms with van der Waals surface area (Å²) >= 11 is 11.8. The number of halogens is 2. The van der Waals surface area contributed by atoms with E-state index in [0.717, 1.165) is 11.1 Å².